The summed E-state index contributed by atoms with van der Waals surface area (Å²) in [6.45, 7) is 1.85. The van der Waals surface area contributed by atoms with Crippen molar-refractivity contribution in [3.05, 3.63) is 35.9 Å². The Morgan fingerprint density at radius 2 is 1.94 bits per heavy atom. The van der Waals surface area contributed by atoms with Gasteiger partial charge in [0, 0.05) is 11.6 Å². The highest BCUT2D eigenvalue weighted by Gasteiger charge is 2.31. The third-order valence-electron chi connectivity index (χ3n) is 3.11. The molecule has 1 aromatic rings. The quantitative estimate of drug-likeness (QED) is 0.796. The van der Waals surface area contributed by atoms with E-state index in [1.54, 1.807) is 30.3 Å². The molecule has 0 bridgehead atoms. The molecule has 1 fully saturated rings. The Morgan fingerprint density at radius 3 is 2.50 bits per heavy atom. The number of hydrogen-bond acceptors (Lipinski definition) is 3. The van der Waals surface area contributed by atoms with Crippen LogP contribution in [0.2, 0.25) is 0 Å². The summed E-state index contributed by atoms with van der Waals surface area (Å²) < 4.78 is 26.2. The smallest absolute Gasteiger partial charge is 0.219 e. The molecule has 0 saturated heterocycles. The fourth-order valence-corrected chi connectivity index (χ4v) is 3.25. The lowest BCUT2D eigenvalue weighted by atomic mass is 10.2. The van der Waals surface area contributed by atoms with Crippen molar-refractivity contribution in [1.82, 2.24) is 4.72 Å². The molecule has 1 aliphatic rings. The van der Waals surface area contributed by atoms with Crippen molar-refractivity contribution < 1.29 is 13.2 Å². The minimum atomic E-state index is -3.53. The van der Waals surface area contributed by atoms with Gasteiger partial charge in [0.1, 0.15) is 5.75 Å². The second-order valence-electron chi connectivity index (χ2n) is 4.79. The molecule has 18 heavy (non-hydrogen) atoms. The molecule has 0 heterocycles. The summed E-state index contributed by atoms with van der Waals surface area (Å²) in [5, 5.41) is 0. The standard InChI is InChI=1S/C13H17NO3S/c1-10(11-7-8-11)14-18(16,17)9-13(15)12-5-3-2-4-6-12/h2-6,10-11,14H,7-9H2,1H3. The van der Waals surface area contributed by atoms with Gasteiger partial charge in [-0.15, -0.1) is 0 Å². The summed E-state index contributed by atoms with van der Waals surface area (Å²) >= 11 is 0. The molecule has 2 rings (SSSR count). The van der Waals surface area contributed by atoms with Crippen LogP contribution >= 0.6 is 0 Å². The molecule has 0 amide bonds. The summed E-state index contributed by atoms with van der Waals surface area (Å²) in [5.74, 6) is -0.411. The van der Waals surface area contributed by atoms with E-state index in [0.717, 1.165) is 12.8 Å². The Balaban J connectivity index is 1.97. The van der Waals surface area contributed by atoms with Crippen molar-refractivity contribution in [2.24, 2.45) is 5.92 Å². The Labute approximate surface area is 107 Å². The van der Waals surface area contributed by atoms with Crippen LogP contribution in [0, 0.1) is 5.92 Å². The molecular weight excluding hydrogens is 250 g/mol. The number of ketones is 1. The van der Waals surface area contributed by atoms with E-state index in [1.807, 2.05) is 6.92 Å². The lowest BCUT2D eigenvalue weighted by Gasteiger charge is -2.12. The second kappa shape index (κ2) is 5.20. The highest BCUT2D eigenvalue weighted by atomic mass is 32.2. The van der Waals surface area contributed by atoms with Crippen LogP contribution < -0.4 is 4.72 Å². The lowest BCUT2D eigenvalue weighted by Crippen LogP contribution is -2.37. The molecule has 1 aliphatic carbocycles. The molecule has 4 nitrogen and oxygen atoms in total. The normalized spacial score (nSPS) is 17.4. The second-order valence-corrected chi connectivity index (χ2v) is 6.55. The zero-order chi connectivity index (χ0) is 13.2. The van der Waals surface area contributed by atoms with Gasteiger partial charge in [-0.05, 0) is 25.7 Å². The Hall–Kier alpha value is -1.20. The fraction of sp³-hybridized carbons (Fsp3) is 0.462. The summed E-state index contributed by atoms with van der Waals surface area (Å²) in [7, 11) is -3.53. The number of benzene rings is 1. The predicted octanol–water partition coefficient (Wildman–Crippen LogP) is 1.59. The van der Waals surface area contributed by atoms with E-state index in [2.05, 4.69) is 4.72 Å². The topological polar surface area (TPSA) is 63.2 Å². The lowest BCUT2D eigenvalue weighted by molar-refractivity contribution is 0.102. The summed E-state index contributed by atoms with van der Waals surface area (Å²) in [5.41, 5.74) is 0.432. The molecular formula is C13H17NO3S. The molecule has 1 N–H and O–H groups in total. The fourth-order valence-electron chi connectivity index (χ4n) is 1.90. The Bertz CT molecular complexity index is 520. The van der Waals surface area contributed by atoms with Crippen LogP contribution in [0.25, 0.3) is 0 Å². The van der Waals surface area contributed by atoms with Crippen LogP contribution in [0.1, 0.15) is 30.1 Å². The van der Waals surface area contributed by atoms with Crippen molar-refractivity contribution in [2.75, 3.05) is 5.75 Å². The van der Waals surface area contributed by atoms with Gasteiger partial charge in [-0.2, -0.15) is 0 Å². The summed E-state index contributed by atoms with van der Waals surface area (Å²) in [6, 6.07) is 8.42. The van der Waals surface area contributed by atoms with Crippen LogP contribution in [0.4, 0.5) is 0 Å². The first-order chi connectivity index (χ1) is 8.48. The van der Waals surface area contributed by atoms with Gasteiger partial charge in [0.05, 0.1) is 0 Å². The number of Topliss-reactive ketones (excluding diaryl/α,β-unsaturated/α-hetero) is 1. The van der Waals surface area contributed by atoms with E-state index < -0.39 is 15.8 Å². The summed E-state index contributed by atoms with van der Waals surface area (Å²) in [6.07, 6.45) is 2.13. The van der Waals surface area contributed by atoms with E-state index in [1.165, 1.54) is 0 Å². The van der Waals surface area contributed by atoms with E-state index >= 15 is 0 Å². The van der Waals surface area contributed by atoms with Gasteiger partial charge in [0.15, 0.2) is 5.78 Å². The van der Waals surface area contributed by atoms with Gasteiger partial charge in [-0.3, -0.25) is 4.79 Å². The predicted molar refractivity (Wildman–Crippen MR) is 69.9 cm³/mol. The van der Waals surface area contributed by atoms with E-state index in [4.69, 9.17) is 0 Å². The minimum absolute atomic E-state index is 0.0708. The highest BCUT2D eigenvalue weighted by Crippen LogP contribution is 2.32. The van der Waals surface area contributed by atoms with E-state index in [-0.39, 0.29) is 11.8 Å². The van der Waals surface area contributed by atoms with Crippen molar-refractivity contribution in [1.29, 1.82) is 0 Å². The van der Waals surface area contributed by atoms with Gasteiger partial charge in [0.25, 0.3) is 0 Å². The first-order valence-electron chi connectivity index (χ1n) is 6.06. The van der Waals surface area contributed by atoms with E-state index in [9.17, 15) is 13.2 Å². The maximum atomic E-state index is 11.8. The molecule has 0 radical (unpaired) electrons. The molecule has 1 atom stereocenters. The van der Waals surface area contributed by atoms with Gasteiger partial charge >= 0.3 is 0 Å². The monoisotopic (exact) mass is 267 g/mol. The number of hydrogen-bond donors (Lipinski definition) is 1. The maximum absolute atomic E-state index is 11.8. The summed E-state index contributed by atoms with van der Waals surface area (Å²) in [4.78, 5) is 11.8. The van der Waals surface area contributed by atoms with Crippen LogP contribution in [-0.2, 0) is 10.0 Å². The SMILES string of the molecule is CC(NS(=O)(=O)CC(=O)c1ccccc1)C1CC1. The van der Waals surface area contributed by atoms with Crippen LogP contribution in [0.3, 0.4) is 0 Å². The molecule has 5 heteroatoms. The Kier molecular flexibility index (Phi) is 3.82. The molecule has 1 saturated carbocycles. The number of carbonyl (C=O) groups excluding carboxylic acids is 1. The van der Waals surface area contributed by atoms with Crippen LogP contribution in [-0.4, -0.2) is 26.0 Å². The van der Waals surface area contributed by atoms with E-state index in [0.29, 0.717) is 11.5 Å². The molecule has 0 aliphatic heterocycles. The zero-order valence-corrected chi connectivity index (χ0v) is 11.1. The zero-order valence-electron chi connectivity index (χ0n) is 10.3. The van der Waals surface area contributed by atoms with Gasteiger partial charge < -0.3 is 0 Å². The minimum Gasteiger partial charge on any atom is -0.293 e. The van der Waals surface area contributed by atoms with Crippen LogP contribution in [0.15, 0.2) is 30.3 Å². The maximum Gasteiger partial charge on any atom is 0.219 e. The van der Waals surface area contributed by atoms with Gasteiger partial charge in [-0.25, -0.2) is 13.1 Å². The average molecular weight is 267 g/mol. The van der Waals surface area contributed by atoms with Crippen molar-refractivity contribution >= 4 is 15.8 Å². The van der Waals surface area contributed by atoms with Crippen molar-refractivity contribution in [3.63, 3.8) is 0 Å². The molecule has 98 valence electrons. The molecule has 0 spiro atoms. The highest BCUT2D eigenvalue weighted by molar-refractivity contribution is 7.90. The largest absolute Gasteiger partial charge is 0.293 e. The third-order valence-corrected chi connectivity index (χ3v) is 4.48. The molecule has 0 aromatic heterocycles. The van der Waals surface area contributed by atoms with Gasteiger partial charge in [-0.1, -0.05) is 30.3 Å². The Morgan fingerprint density at radius 1 is 1.33 bits per heavy atom. The number of nitrogens with one attached hydrogen (secondary N) is 1. The molecule has 1 unspecified atom stereocenters. The number of sulfonamides is 1. The van der Waals surface area contributed by atoms with Crippen molar-refractivity contribution in [3.8, 4) is 0 Å². The number of carbonyl (C=O) groups is 1. The first kappa shape index (κ1) is 13.2. The van der Waals surface area contributed by atoms with Gasteiger partial charge in [0.2, 0.25) is 10.0 Å². The van der Waals surface area contributed by atoms with Crippen LogP contribution in [0.5, 0.6) is 0 Å². The molecule has 1 aromatic carbocycles. The number of rotatable bonds is 6. The average Bonchev–Trinajstić information content (AvgIpc) is 3.12. The third kappa shape index (κ3) is 3.65. The van der Waals surface area contributed by atoms with Crippen molar-refractivity contribution in [2.45, 2.75) is 25.8 Å². The first-order valence-corrected chi connectivity index (χ1v) is 7.71.